The molecule has 0 spiro atoms. The molecule has 1 saturated heterocycles. The van der Waals surface area contributed by atoms with E-state index < -0.39 is 0 Å². The monoisotopic (exact) mass is 160 g/mol. The van der Waals surface area contributed by atoms with Crippen molar-refractivity contribution in [2.45, 2.75) is 25.3 Å². The van der Waals surface area contributed by atoms with Gasteiger partial charge in [-0.2, -0.15) is 0 Å². The Bertz CT molecular complexity index is 224. The van der Waals surface area contributed by atoms with Gasteiger partial charge in [-0.3, -0.25) is 0 Å². The predicted octanol–water partition coefficient (Wildman–Crippen LogP) is 2.30. The molecule has 0 aromatic heterocycles. The molecule has 1 fully saturated rings. The first-order valence-electron chi connectivity index (χ1n) is 4.66. The van der Waals surface area contributed by atoms with Gasteiger partial charge < -0.3 is 5.32 Å². The van der Waals surface area contributed by atoms with Crippen molar-refractivity contribution in [2.24, 2.45) is 0 Å². The normalized spacial score (nSPS) is 23.8. The zero-order chi connectivity index (χ0) is 8.23. The van der Waals surface area contributed by atoms with Crippen LogP contribution < -0.4 is 5.32 Å². The van der Waals surface area contributed by atoms with E-state index in [4.69, 9.17) is 0 Å². The first kappa shape index (κ1) is 7.81. The van der Waals surface area contributed by atoms with Crippen molar-refractivity contribution in [2.75, 3.05) is 6.54 Å². The van der Waals surface area contributed by atoms with Gasteiger partial charge in [-0.05, 0) is 31.0 Å². The van der Waals surface area contributed by atoms with Gasteiger partial charge in [0.05, 0.1) is 0 Å². The van der Waals surface area contributed by atoms with Crippen molar-refractivity contribution in [1.82, 2.24) is 5.32 Å². The molecule has 1 atom stereocenters. The van der Waals surface area contributed by atoms with Crippen LogP contribution in [0.2, 0.25) is 0 Å². The van der Waals surface area contributed by atoms with Crippen LogP contribution in [0.1, 0.15) is 30.9 Å². The van der Waals surface area contributed by atoms with Crippen LogP contribution in [0.3, 0.4) is 0 Å². The maximum atomic E-state index is 3.52. The van der Waals surface area contributed by atoms with Gasteiger partial charge in [0.25, 0.3) is 0 Å². The quantitative estimate of drug-likeness (QED) is 0.664. The van der Waals surface area contributed by atoms with Crippen LogP contribution in [-0.4, -0.2) is 6.54 Å². The number of benzene rings is 1. The Morgan fingerprint density at radius 3 is 2.75 bits per heavy atom. The molecule has 1 aliphatic rings. The van der Waals surface area contributed by atoms with E-state index in [1.807, 2.05) is 12.1 Å². The molecule has 1 unspecified atom stereocenters. The summed E-state index contributed by atoms with van der Waals surface area (Å²) in [5, 5.41) is 3.52. The average molecular weight is 160 g/mol. The summed E-state index contributed by atoms with van der Waals surface area (Å²) in [6, 6.07) is 11.9. The van der Waals surface area contributed by atoms with E-state index in [1.165, 1.54) is 31.4 Å². The van der Waals surface area contributed by atoms with E-state index in [9.17, 15) is 0 Å². The molecule has 2 rings (SSSR count). The minimum absolute atomic E-state index is 0.591. The summed E-state index contributed by atoms with van der Waals surface area (Å²) in [7, 11) is 0. The summed E-state index contributed by atoms with van der Waals surface area (Å²) in [6.45, 7) is 1.17. The Morgan fingerprint density at radius 2 is 2.08 bits per heavy atom. The number of nitrogens with one attached hydrogen (secondary N) is 1. The summed E-state index contributed by atoms with van der Waals surface area (Å²) < 4.78 is 0. The molecule has 0 saturated carbocycles. The Morgan fingerprint density at radius 1 is 1.25 bits per heavy atom. The molecule has 1 N–H and O–H groups in total. The highest BCUT2D eigenvalue weighted by Gasteiger charge is 2.13. The van der Waals surface area contributed by atoms with E-state index in [-0.39, 0.29) is 0 Å². The zero-order valence-corrected chi connectivity index (χ0v) is 7.22. The molecule has 1 aromatic rings. The summed E-state index contributed by atoms with van der Waals surface area (Å²) in [4.78, 5) is 0. The van der Waals surface area contributed by atoms with Gasteiger partial charge in [0.1, 0.15) is 0 Å². The topological polar surface area (TPSA) is 12.0 Å². The van der Waals surface area contributed by atoms with E-state index in [0.29, 0.717) is 6.04 Å². The molecule has 1 heterocycles. The van der Waals surface area contributed by atoms with Crippen molar-refractivity contribution < 1.29 is 0 Å². The lowest BCUT2D eigenvalue weighted by Crippen LogP contribution is -2.26. The summed E-state index contributed by atoms with van der Waals surface area (Å²) in [5.74, 6) is 0. The van der Waals surface area contributed by atoms with Gasteiger partial charge in [0.15, 0.2) is 0 Å². The van der Waals surface area contributed by atoms with Crippen molar-refractivity contribution in [1.29, 1.82) is 0 Å². The third kappa shape index (κ3) is 1.67. The molecule has 1 aliphatic heterocycles. The average Bonchev–Trinajstić information content (AvgIpc) is 2.21. The fourth-order valence-electron chi connectivity index (χ4n) is 1.77. The lowest BCUT2D eigenvalue weighted by molar-refractivity contribution is 0.412. The Balaban J connectivity index is 2.08. The second-order valence-electron chi connectivity index (χ2n) is 3.34. The molecular formula is C11H14N. The molecule has 1 heteroatoms. The second-order valence-corrected chi connectivity index (χ2v) is 3.34. The first-order valence-corrected chi connectivity index (χ1v) is 4.66. The van der Waals surface area contributed by atoms with Gasteiger partial charge in [0, 0.05) is 6.04 Å². The maximum absolute atomic E-state index is 3.52. The number of hydrogen-bond acceptors (Lipinski definition) is 1. The van der Waals surface area contributed by atoms with Crippen molar-refractivity contribution in [3.63, 3.8) is 0 Å². The first-order chi connectivity index (χ1) is 5.97. The van der Waals surface area contributed by atoms with Gasteiger partial charge >= 0.3 is 0 Å². The molecule has 1 aromatic carbocycles. The number of piperidine rings is 1. The van der Waals surface area contributed by atoms with Crippen molar-refractivity contribution >= 4 is 0 Å². The van der Waals surface area contributed by atoms with Gasteiger partial charge in [0.2, 0.25) is 0 Å². The van der Waals surface area contributed by atoms with Crippen LogP contribution in [0, 0.1) is 6.07 Å². The van der Waals surface area contributed by atoms with Crippen LogP contribution in [0.25, 0.3) is 0 Å². The van der Waals surface area contributed by atoms with Crippen LogP contribution in [0.15, 0.2) is 24.3 Å². The Kier molecular flexibility index (Phi) is 2.42. The highest BCUT2D eigenvalue weighted by Crippen LogP contribution is 2.21. The molecule has 1 radical (unpaired) electrons. The van der Waals surface area contributed by atoms with Crippen molar-refractivity contribution in [3.8, 4) is 0 Å². The lowest BCUT2D eigenvalue weighted by Gasteiger charge is -2.23. The number of rotatable bonds is 1. The molecule has 0 bridgehead atoms. The van der Waals surface area contributed by atoms with E-state index in [1.54, 1.807) is 0 Å². The lowest BCUT2D eigenvalue weighted by atomic mass is 9.98. The third-order valence-corrected chi connectivity index (χ3v) is 2.46. The summed E-state index contributed by atoms with van der Waals surface area (Å²) in [5.41, 5.74) is 1.41. The standard InChI is InChI=1S/C11H14N/c1-2-6-10(7-3-1)11-8-4-5-9-12-11/h2-3,6-7,11-12H,4-5,8-9H2. The minimum Gasteiger partial charge on any atom is -0.310 e. The third-order valence-electron chi connectivity index (χ3n) is 2.46. The van der Waals surface area contributed by atoms with Gasteiger partial charge in [-0.1, -0.05) is 30.7 Å². The molecular weight excluding hydrogens is 146 g/mol. The summed E-state index contributed by atoms with van der Waals surface area (Å²) in [6.07, 6.45) is 3.97. The SMILES string of the molecule is [c]1ccc(C2CCCCN2)cc1. The van der Waals surface area contributed by atoms with Crippen LogP contribution in [0.5, 0.6) is 0 Å². The highest BCUT2D eigenvalue weighted by atomic mass is 14.9. The van der Waals surface area contributed by atoms with Crippen molar-refractivity contribution in [3.05, 3.63) is 35.9 Å². The molecule has 12 heavy (non-hydrogen) atoms. The smallest absolute Gasteiger partial charge is 0.0320 e. The summed E-state index contributed by atoms with van der Waals surface area (Å²) >= 11 is 0. The van der Waals surface area contributed by atoms with Crippen LogP contribution in [-0.2, 0) is 0 Å². The van der Waals surface area contributed by atoms with E-state index in [0.717, 1.165) is 0 Å². The van der Waals surface area contributed by atoms with Crippen LogP contribution in [0.4, 0.5) is 0 Å². The Hall–Kier alpha value is -0.820. The fraction of sp³-hybridized carbons (Fsp3) is 0.455. The molecule has 0 aliphatic carbocycles. The fourth-order valence-corrected chi connectivity index (χ4v) is 1.77. The van der Waals surface area contributed by atoms with E-state index >= 15 is 0 Å². The largest absolute Gasteiger partial charge is 0.310 e. The molecule has 1 nitrogen and oxygen atoms in total. The van der Waals surface area contributed by atoms with Gasteiger partial charge in [-0.25, -0.2) is 0 Å². The molecule has 63 valence electrons. The minimum atomic E-state index is 0.591. The maximum Gasteiger partial charge on any atom is 0.0320 e. The van der Waals surface area contributed by atoms with Gasteiger partial charge in [-0.15, -0.1) is 0 Å². The predicted molar refractivity (Wildman–Crippen MR) is 49.9 cm³/mol. The molecule has 0 amide bonds. The van der Waals surface area contributed by atoms with Crippen LogP contribution >= 0.6 is 0 Å². The number of hydrogen-bond donors (Lipinski definition) is 1. The zero-order valence-electron chi connectivity index (χ0n) is 7.22. The Labute approximate surface area is 73.8 Å². The van der Waals surface area contributed by atoms with E-state index in [2.05, 4.69) is 23.5 Å². The second kappa shape index (κ2) is 3.72. The highest BCUT2D eigenvalue weighted by molar-refractivity contribution is 5.18.